The number of nitrogens with zero attached hydrogens (tertiary/aromatic N) is 2. The van der Waals surface area contributed by atoms with E-state index in [1.54, 1.807) is 0 Å². The molecule has 0 bridgehead atoms. The van der Waals surface area contributed by atoms with Gasteiger partial charge in [-0.3, -0.25) is 4.98 Å². The molecule has 0 amide bonds. The summed E-state index contributed by atoms with van der Waals surface area (Å²) >= 11 is 0. The molecule has 1 saturated carbocycles. The monoisotopic (exact) mass is 245 g/mol. The van der Waals surface area contributed by atoms with E-state index in [1.165, 1.54) is 49.9 Å². The van der Waals surface area contributed by atoms with Crippen molar-refractivity contribution in [1.29, 1.82) is 0 Å². The minimum Gasteiger partial charge on any atom is -0.368 e. The highest BCUT2D eigenvalue weighted by Gasteiger charge is 2.35. The van der Waals surface area contributed by atoms with Crippen molar-refractivity contribution in [1.82, 2.24) is 4.98 Å². The lowest BCUT2D eigenvalue weighted by Crippen LogP contribution is -2.43. The van der Waals surface area contributed by atoms with E-state index in [0.717, 1.165) is 17.7 Å². The quantitative estimate of drug-likeness (QED) is 0.871. The average molecular weight is 245 g/mol. The zero-order chi connectivity index (χ0) is 12.5. The molecule has 0 spiro atoms. The SMILES string of the molecule is Cc1cc(N2CCCC3CCCC32)c(CN)cn1. The van der Waals surface area contributed by atoms with Gasteiger partial charge in [0, 0.05) is 42.3 Å². The Hall–Kier alpha value is -1.09. The first-order chi connectivity index (χ1) is 8.79. The van der Waals surface area contributed by atoms with E-state index in [1.807, 2.05) is 6.20 Å². The number of nitrogens with two attached hydrogens (primary N) is 1. The maximum atomic E-state index is 5.88. The van der Waals surface area contributed by atoms with Crippen LogP contribution in [0.3, 0.4) is 0 Å². The highest BCUT2D eigenvalue weighted by molar-refractivity contribution is 5.55. The lowest BCUT2D eigenvalue weighted by atomic mass is 9.91. The maximum Gasteiger partial charge on any atom is 0.0448 e. The zero-order valence-electron chi connectivity index (χ0n) is 11.2. The minimum absolute atomic E-state index is 0.594. The Labute approximate surface area is 109 Å². The molecule has 1 aliphatic carbocycles. The van der Waals surface area contributed by atoms with Gasteiger partial charge >= 0.3 is 0 Å². The molecular weight excluding hydrogens is 222 g/mol. The molecule has 2 fully saturated rings. The van der Waals surface area contributed by atoms with Crippen LogP contribution in [-0.4, -0.2) is 17.6 Å². The van der Waals surface area contributed by atoms with Crippen molar-refractivity contribution in [3.63, 3.8) is 0 Å². The molecule has 1 aliphatic heterocycles. The van der Waals surface area contributed by atoms with Crippen molar-refractivity contribution < 1.29 is 0 Å². The number of aromatic nitrogens is 1. The molecule has 2 aliphatic rings. The summed E-state index contributed by atoms with van der Waals surface area (Å²) in [4.78, 5) is 7.01. The Morgan fingerprint density at radius 1 is 1.33 bits per heavy atom. The average Bonchev–Trinajstić information content (AvgIpc) is 2.86. The van der Waals surface area contributed by atoms with Crippen LogP contribution in [0.5, 0.6) is 0 Å². The molecule has 2 heterocycles. The summed E-state index contributed by atoms with van der Waals surface area (Å²) in [6.07, 6.45) is 8.88. The summed E-state index contributed by atoms with van der Waals surface area (Å²) in [7, 11) is 0. The Balaban J connectivity index is 1.95. The van der Waals surface area contributed by atoms with Gasteiger partial charge in [0.05, 0.1) is 0 Å². The van der Waals surface area contributed by atoms with Gasteiger partial charge in [-0.25, -0.2) is 0 Å². The van der Waals surface area contributed by atoms with Crippen molar-refractivity contribution in [2.75, 3.05) is 11.4 Å². The third-order valence-corrected chi connectivity index (χ3v) is 4.62. The van der Waals surface area contributed by atoms with Crippen molar-refractivity contribution in [3.8, 4) is 0 Å². The zero-order valence-corrected chi connectivity index (χ0v) is 11.2. The highest BCUT2D eigenvalue weighted by atomic mass is 15.2. The van der Waals surface area contributed by atoms with Gasteiger partial charge in [-0.15, -0.1) is 0 Å². The lowest BCUT2D eigenvalue weighted by Gasteiger charge is -2.40. The van der Waals surface area contributed by atoms with Gasteiger partial charge < -0.3 is 10.6 Å². The van der Waals surface area contributed by atoms with Crippen LogP contribution in [0, 0.1) is 12.8 Å². The Bertz CT molecular complexity index is 430. The van der Waals surface area contributed by atoms with E-state index < -0.39 is 0 Å². The fourth-order valence-corrected chi connectivity index (χ4v) is 3.75. The van der Waals surface area contributed by atoms with E-state index in [2.05, 4.69) is 22.9 Å². The molecule has 3 heteroatoms. The van der Waals surface area contributed by atoms with Gasteiger partial charge in [-0.1, -0.05) is 6.42 Å². The molecular formula is C15H23N3. The van der Waals surface area contributed by atoms with E-state index in [0.29, 0.717) is 6.54 Å². The highest BCUT2D eigenvalue weighted by Crippen LogP contribution is 2.40. The van der Waals surface area contributed by atoms with Crippen LogP contribution in [0.1, 0.15) is 43.4 Å². The number of fused-ring (bicyclic) bond motifs is 1. The summed E-state index contributed by atoms with van der Waals surface area (Å²) in [6, 6.07) is 2.98. The molecule has 3 rings (SSSR count). The van der Waals surface area contributed by atoms with Gasteiger partial charge in [-0.2, -0.15) is 0 Å². The largest absolute Gasteiger partial charge is 0.368 e. The number of pyridine rings is 1. The molecule has 2 N–H and O–H groups in total. The molecule has 98 valence electrons. The van der Waals surface area contributed by atoms with E-state index in [9.17, 15) is 0 Å². The van der Waals surface area contributed by atoms with Gasteiger partial charge in [0.1, 0.15) is 0 Å². The molecule has 0 aromatic carbocycles. The Morgan fingerprint density at radius 2 is 2.17 bits per heavy atom. The normalized spacial score (nSPS) is 27.3. The second-order valence-electron chi connectivity index (χ2n) is 5.75. The molecule has 18 heavy (non-hydrogen) atoms. The summed E-state index contributed by atoms with van der Waals surface area (Å²) < 4.78 is 0. The van der Waals surface area contributed by atoms with Crippen LogP contribution in [-0.2, 0) is 6.54 Å². The second-order valence-corrected chi connectivity index (χ2v) is 5.75. The molecule has 0 radical (unpaired) electrons. The number of aryl methyl sites for hydroxylation is 1. The summed E-state index contributed by atoms with van der Waals surface area (Å²) in [6.45, 7) is 3.86. The minimum atomic E-state index is 0.594. The summed E-state index contributed by atoms with van der Waals surface area (Å²) in [5.74, 6) is 0.915. The smallest absolute Gasteiger partial charge is 0.0448 e. The van der Waals surface area contributed by atoms with Crippen LogP contribution in [0.4, 0.5) is 5.69 Å². The third kappa shape index (κ3) is 2.01. The van der Waals surface area contributed by atoms with Crippen LogP contribution in [0.2, 0.25) is 0 Å². The van der Waals surface area contributed by atoms with Crippen LogP contribution >= 0.6 is 0 Å². The number of piperidine rings is 1. The molecule has 1 aromatic rings. The topological polar surface area (TPSA) is 42.1 Å². The predicted octanol–water partition coefficient (Wildman–Crippen LogP) is 2.62. The van der Waals surface area contributed by atoms with Gasteiger partial charge in [0.25, 0.3) is 0 Å². The van der Waals surface area contributed by atoms with Crippen molar-refractivity contribution in [3.05, 3.63) is 23.5 Å². The van der Waals surface area contributed by atoms with Crippen molar-refractivity contribution >= 4 is 5.69 Å². The fourth-order valence-electron chi connectivity index (χ4n) is 3.75. The number of anilines is 1. The summed E-state index contributed by atoms with van der Waals surface area (Å²) in [5.41, 5.74) is 9.53. The lowest BCUT2D eigenvalue weighted by molar-refractivity contribution is 0.362. The molecule has 2 atom stereocenters. The van der Waals surface area contributed by atoms with Gasteiger partial charge in [0.2, 0.25) is 0 Å². The fraction of sp³-hybridized carbons (Fsp3) is 0.667. The predicted molar refractivity (Wildman–Crippen MR) is 74.6 cm³/mol. The van der Waals surface area contributed by atoms with Gasteiger partial charge in [0.15, 0.2) is 0 Å². The van der Waals surface area contributed by atoms with Crippen molar-refractivity contribution in [2.24, 2.45) is 11.7 Å². The van der Waals surface area contributed by atoms with Gasteiger partial charge in [-0.05, 0) is 44.6 Å². The summed E-state index contributed by atoms with van der Waals surface area (Å²) in [5, 5.41) is 0. The molecule has 1 saturated heterocycles. The van der Waals surface area contributed by atoms with E-state index in [4.69, 9.17) is 5.73 Å². The maximum absolute atomic E-state index is 5.88. The van der Waals surface area contributed by atoms with Crippen LogP contribution in [0.15, 0.2) is 12.3 Å². The Morgan fingerprint density at radius 3 is 3.00 bits per heavy atom. The van der Waals surface area contributed by atoms with Crippen LogP contribution < -0.4 is 10.6 Å². The first kappa shape index (κ1) is 12.0. The van der Waals surface area contributed by atoms with E-state index in [-0.39, 0.29) is 0 Å². The molecule has 3 nitrogen and oxygen atoms in total. The first-order valence-electron chi connectivity index (χ1n) is 7.22. The number of hydrogen-bond acceptors (Lipinski definition) is 3. The third-order valence-electron chi connectivity index (χ3n) is 4.62. The molecule has 2 unspecified atom stereocenters. The Kier molecular flexibility index (Phi) is 3.25. The molecule has 1 aromatic heterocycles. The first-order valence-corrected chi connectivity index (χ1v) is 7.22. The van der Waals surface area contributed by atoms with Crippen LogP contribution in [0.25, 0.3) is 0 Å². The standard InChI is InChI=1S/C15H23N3/c1-11-8-15(13(9-16)10-17-11)18-7-3-5-12-4-2-6-14(12)18/h8,10,12,14H,2-7,9,16H2,1H3. The number of rotatable bonds is 2. The van der Waals surface area contributed by atoms with E-state index >= 15 is 0 Å². The second kappa shape index (κ2) is 4.88. The van der Waals surface area contributed by atoms with Crippen molar-refractivity contribution in [2.45, 2.75) is 51.6 Å². The number of hydrogen-bond donors (Lipinski definition) is 1.